The fourth-order valence-electron chi connectivity index (χ4n) is 2.29. The van der Waals surface area contributed by atoms with Gasteiger partial charge in [0, 0.05) is 18.6 Å². The zero-order valence-electron chi connectivity index (χ0n) is 12.0. The summed E-state index contributed by atoms with van der Waals surface area (Å²) in [6, 6.07) is 5.39. The Morgan fingerprint density at radius 1 is 1.43 bits per heavy atom. The summed E-state index contributed by atoms with van der Waals surface area (Å²) in [5, 5.41) is 7.56. The highest BCUT2D eigenvalue weighted by molar-refractivity contribution is 6.13. The number of hydrogen-bond donors (Lipinski definition) is 1. The van der Waals surface area contributed by atoms with E-state index < -0.39 is 0 Å². The van der Waals surface area contributed by atoms with Gasteiger partial charge in [0.2, 0.25) is 0 Å². The van der Waals surface area contributed by atoms with Crippen molar-refractivity contribution in [1.82, 2.24) is 9.78 Å². The first-order chi connectivity index (χ1) is 10.1. The highest BCUT2D eigenvalue weighted by Crippen LogP contribution is 2.29. The van der Waals surface area contributed by atoms with Crippen molar-refractivity contribution >= 4 is 22.6 Å². The molecule has 1 amide bonds. The van der Waals surface area contributed by atoms with Crippen LogP contribution in [0.2, 0.25) is 0 Å². The van der Waals surface area contributed by atoms with Crippen LogP contribution in [-0.4, -0.2) is 22.8 Å². The molecule has 2 heterocycles. The summed E-state index contributed by atoms with van der Waals surface area (Å²) in [5.74, 6) is 1.02. The first-order valence-electron chi connectivity index (χ1n) is 6.45. The van der Waals surface area contributed by atoms with Gasteiger partial charge in [-0.1, -0.05) is 0 Å². The van der Waals surface area contributed by atoms with Crippen LogP contribution >= 0.6 is 0 Å². The van der Waals surface area contributed by atoms with Gasteiger partial charge in [-0.25, -0.2) is 0 Å². The van der Waals surface area contributed by atoms with Gasteiger partial charge in [0.25, 0.3) is 5.91 Å². The number of anilines is 1. The molecule has 0 bridgehead atoms. The van der Waals surface area contributed by atoms with Crippen molar-refractivity contribution in [2.24, 2.45) is 7.05 Å². The SMILES string of the molecule is COc1ccc2oc(C)c(C(=O)Nc3cnn(C)c3)c2c1. The highest BCUT2D eigenvalue weighted by atomic mass is 16.5. The number of benzene rings is 1. The molecular formula is C15H15N3O3. The Labute approximate surface area is 121 Å². The van der Waals surface area contributed by atoms with Crippen molar-refractivity contribution in [3.05, 3.63) is 41.9 Å². The van der Waals surface area contributed by atoms with Crippen LogP contribution in [0, 0.1) is 6.92 Å². The lowest BCUT2D eigenvalue weighted by atomic mass is 10.1. The molecule has 0 spiro atoms. The molecule has 0 radical (unpaired) electrons. The monoisotopic (exact) mass is 285 g/mol. The third-order valence-electron chi connectivity index (χ3n) is 3.26. The topological polar surface area (TPSA) is 69.3 Å². The van der Waals surface area contributed by atoms with Crippen molar-refractivity contribution in [2.45, 2.75) is 6.92 Å². The summed E-state index contributed by atoms with van der Waals surface area (Å²) in [5.41, 5.74) is 1.80. The van der Waals surface area contributed by atoms with Crippen molar-refractivity contribution in [3.63, 3.8) is 0 Å². The van der Waals surface area contributed by atoms with Gasteiger partial charge in [0.15, 0.2) is 0 Å². The van der Waals surface area contributed by atoms with Gasteiger partial charge in [-0.15, -0.1) is 0 Å². The van der Waals surface area contributed by atoms with E-state index in [0.29, 0.717) is 28.3 Å². The van der Waals surface area contributed by atoms with Gasteiger partial charge >= 0.3 is 0 Å². The number of nitrogens with one attached hydrogen (secondary N) is 1. The smallest absolute Gasteiger partial charge is 0.259 e. The summed E-state index contributed by atoms with van der Waals surface area (Å²) in [6.45, 7) is 1.77. The number of nitrogens with zero attached hydrogens (tertiary/aromatic N) is 2. The van der Waals surface area contributed by atoms with Crippen LogP contribution in [0.4, 0.5) is 5.69 Å². The average molecular weight is 285 g/mol. The Kier molecular flexibility index (Phi) is 3.13. The van der Waals surface area contributed by atoms with Crippen molar-refractivity contribution < 1.29 is 13.9 Å². The van der Waals surface area contributed by atoms with Crippen LogP contribution in [0.3, 0.4) is 0 Å². The minimum atomic E-state index is -0.229. The molecular weight excluding hydrogens is 270 g/mol. The summed E-state index contributed by atoms with van der Waals surface area (Å²) < 4.78 is 12.5. The van der Waals surface area contributed by atoms with Gasteiger partial charge in [0.1, 0.15) is 17.1 Å². The molecule has 21 heavy (non-hydrogen) atoms. The minimum absolute atomic E-state index is 0.229. The number of methoxy groups -OCH3 is 1. The normalized spacial score (nSPS) is 10.8. The molecule has 108 valence electrons. The second-order valence-electron chi connectivity index (χ2n) is 4.75. The van der Waals surface area contributed by atoms with E-state index in [1.54, 1.807) is 56.4 Å². The summed E-state index contributed by atoms with van der Waals surface area (Å²) in [4.78, 5) is 12.5. The van der Waals surface area contributed by atoms with E-state index >= 15 is 0 Å². The number of furan rings is 1. The van der Waals surface area contributed by atoms with E-state index in [4.69, 9.17) is 9.15 Å². The Bertz CT molecular complexity index is 817. The largest absolute Gasteiger partial charge is 0.497 e. The Balaban J connectivity index is 2.02. The molecule has 3 aromatic rings. The minimum Gasteiger partial charge on any atom is -0.497 e. The zero-order chi connectivity index (χ0) is 15.0. The number of amides is 1. The average Bonchev–Trinajstić information content (AvgIpc) is 3.00. The maximum Gasteiger partial charge on any atom is 0.259 e. The molecule has 0 saturated heterocycles. The standard InChI is InChI=1S/C15H15N3O3/c1-9-14(15(19)17-10-7-16-18(2)8-10)12-6-11(20-3)4-5-13(12)21-9/h4-8H,1-3H3,(H,17,19). The molecule has 2 aromatic heterocycles. The quantitative estimate of drug-likeness (QED) is 0.803. The van der Waals surface area contributed by atoms with Crippen LogP contribution in [0.5, 0.6) is 5.75 Å². The molecule has 6 nitrogen and oxygen atoms in total. The van der Waals surface area contributed by atoms with Crippen LogP contribution in [0.25, 0.3) is 11.0 Å². The third-order valence-corrected chi connectivity index (χ3v) is 3.26. The van der Waals surface area contributed by atoms with Crippen LogP contribution in [0.1, 0.15) is 16.1 Å². The third kappa shape index (κ3) is 2.35. The first-order valence-corrected chi connectivity index (χ1v) is 6.45. The number of rotatable bonds is 3. The van der Waals surface area contributed by atoms with E-state index in [-0.39, 0.29) is 5.91 Å². The van der Waals surface area contributed by atoms with Crippen LogP contribution in [0.15, 0.2) is 35.0 Å². The number of carbonyl (C=O) groups excluding carboxylic acids is 1. The highest BCUT2D eigenvalue weighted by Gasteiger charge is 2.19. The van der Waals surface area contributed by atoms with Crippen molar-refractivity contribution in [2.75, 3.05) is 12.4 Å². The Morgan fingerprint density at radius 2 is 2.24 bits per heavy atom. The number of aromatic nitrogens is 2. The van der Waals surface area contributed by atoms with Gasteiger partial charge in [-0.3, -0.25) is 9.48 Å². The van der Waals surface area contributed by atoms with E-state index in [9.17, 15) is 4.79 Å². The fourth-order valence-corrected chi connectivity index (χ4v) is 2.29. The first kappa shape index (κ1) is 13.2. The van der Waals surface area contributed by atoms with Gasteiger partial charge in [-0.2, -0.15) is 5.10 Å². The maximum atomic E-state index is 12.5. The van der Waals surface area contributed by atoms with Gasteiger partial charge in [0.05, 0.1) is 24.6 Å². The lowest BCUT2D eigenvalue weighted by molar-refractivity contribution is 0.102. The van der Waals surface area contributed by atoms with Crippen LogP contribution < -0.4 is 10.1 Å². The van der Waals surface area contributed by atoms with Crippen molar-refractivity contribution in [1.29, 1.82) is 0 Å². The maximum absolute atomic E-state index is 12.5. The Morgan fingerprint density at radius 3 is 2.90 bits per heavy atom. The summed E-state index contributed by atoms with van der Waals surface area (Å²) >= 11 is 0. The second-order valence-corrected chi connectivity index (χ2v) is 4.75. The molecule has 3 rings (SSSR count). The predicted molar refractivity (Wildman–Crippen MR) is 78.7 cm³/mol. The molecule has 1 N–H and O–H groups in total. The number of ether oxygens (including phenoxy) is 1. The second kappa shape index (κ2) is 4.97. The number of carbonyl (C=O) groups is 1. The fraction of sp³-hybridized carbons (Fsp3) is 0.200. The van der Waals surface area contributed by atoms with Crippen molar-refractivity contribution in [3.8, 4) is 5.75 Å². The molecule has 0 saturated carbocycles. The van der Waals surface area contributed by atoms with E-state index in [0.717, 1.165) is 5.39 Å². The summed E-state index contributed by atoms with van der Waals surface area (Å²) in [7, 11) is 3.38. The predicted octanol–water partition coefficient (Wildman–Crippen LogP) is 2.74. The Hall–Kier alpha value is -2.76. The number of aryl methyl sites for hydroxylation is 2. The van der Waals surface area contributed by atoms with E-state index in [1.165, 1.54) is 0 Å². The van der Waals surface area contributed by atoms with E-state index in [2.05, 4.69) is 10.4 Å². The molecule has 0 fully saturated rings. The van der Waals surface area contributed by atoms with Gasteiger partial charge < -0.3 is 14.5 Å². The zero-order valence-corrected chi connectivity index (χ0v) is 12.0. The molecule has 1 aromatic carbocycles. The van der Waals surface area contributed by atoms with Gasteiger partial charge in [-0.05, 0) is 25.1 Å². The number of hydrogen-bond acceptors (Lipinski definition) is 4. The lowest BCUT2D eigenvalue weighted by Crippen LogP contribution is -2.12. The lowest BCUT2D eigenvalue weighted by Gasteiger charge is -2.02. The molecule has 0 aliphatic carbocycles. The van der Waals surface area contributed by atoms with Crippen LogP contribution in [-0.2, 0) is 7.05 Å². The molecule has 0 atom stereocenters. The number of fused-ring (bicyclic) bond motifs is 1. The molecule has 6 heteroatoms. The molecule has 0 aliphatic rings. The molecule has 0 unspecified atom stereocenters. The van der Waals surface area contributed by atoms with E-state index in [1.807, 2.05) is 0 Å². The summed E-state index contributed by atoms with van der Waals surface area (Å²) in [6.07, 6.45) is 3.33. The molecule has 0 aliphatic heterocycles.